The first kappa shape index (κ1) is 22.0. The van der Waals surface area contributed by atoms with Crippen molar-refractivity contribution in [3.8, 4) is 17.0 Å². The van der Waals surface area contributed by atoms with E-state index in [0.717, 1.165) is 5.56 Å². The number of anilines is 1. The number of esters is 1. The molecule has 1 aromatic heterocycles. The number of hydrogen-bond acceptors (Lipinski definition) is 5. The zero-order chi connectivity index (χ0) is 23.4. The summed E-state index contributed by atoms with van der Waals surface area (Å²) in [6, 6.07) is 20.1. The molecule has 0 aliphatic carbocycles. The van der Waals surface area contributed by atoms with Crippen LogP contribution in [0.2, 0.25) is 0 Å². The highest BCUT2D eigenvalue weighted by Gasteiger charge is 2.14. The SMILES string of the molecule is COC(=O)COc1cc(-c2ccc(F)cc2)nc2ccc(NC(=O)c3ccccc3C)cc12. The Morgan fingerprint density at radius 1 is 1.00 bits per heavy atom. The van der Waals surface area contributed by atoms with E-state index in [0.29, 0.717) is 39.2 Å². The fraction of sp³-hybridized carbons (Fsp3) is 0.115. The number of nitrogens with one attached hydrogen (secondary N) is 1. The number of ether oxygens (including phenoxy) is 2. The van der Waals surface area contributed by atoms with Crippen molar-refractivity contribution in [1.29, 1.82) is 0 Å². The molecule has 3 aromatic carbocycles. The van der Waals surface area contributed by atoms with E-state index in [1.54, 1.807) is 42.5 Å². The van der Waals surface area contributed by atoms with Crippen molar-refractivity contribution in [3.05, 3.63) is 89.7 Å². The third kappa shape index (κ3) is 4.98. The van der Waals surface area contributed by atoms with Crippen molar-refractivity contribution < 1.29 is 23.5 Å². The van der Waals surface area contributed by atoms with Gasteiger partial charge in [-0.25, -0.2) is 14.2 Å². The van der Waals surface area contributed by atoms with Gasteiger partial charge in [0.1, 0.15) is 11.6 Å². The molecule has 0 spiro atoms. The van der Waals surface area contributed by atoms with Gasteiger partial charge < -0.3 is 14.8 Å². The van der Waals surface area contributed by atoms with Crippen LogP contribution in [0.5, 0.6) is 5.75 Å². The highest BCUT2D eigenvalue weighted by Crippen LogP contribution is 2.32. The maximum absolute atomic E-state index is 13.3. The highest BCUT2D eigenvalue weighted by atomic mass is 19.1. The van der Waals surface area contributed by atoms with E-state index in [4.69, 9.17) is 4.74 Å². The molecule has 1 heterocycles. The fourth-order valence-corrected chi connectivity index (χ4v) is 3.38. The zero-order valence-corrected chi connectivity index (χ0v) is 18.1. The Bertz CT molecular complexity index is 1340. The second kappa shape index (κ2) is 9.48. The number of methoxy groups -OCH3 is 1. The fourth-order valence-electron chi connectivity index (χ4n) is 3.38. The number of aromatic nitrogens is 1. The van der Waals surface area contributed by atoms with Crippen molar-refractivity contribution >= 4 is 28.5 Å². The van der Waals surface area contributed by atoms with Gasteiger partial charge in [-0.3, -0.25) is 4.79 Å². The average molecular weight is 444 g/mol. The van der Waals surface area contributed by atoms with E-state index in [2.05, 4.69) is 15.0 Å². The van der Waals surface area contributed by atoms with Crippen molar-refractivity contribution in [1.82, 2.24) is 4.98 Å². The number of halogens is 1. The summed E-state index contributed by atoms with van der Waals surface area (Å²) in [4.78, 5) is 29.0. The van der Waals surface area contributed by atoms with Gasteiger partial charge in [-0.2, -0.15) is 0 Å². The lowest BCUT2D eigenvalue weighted by Gasteiger charge is -2.13. The molecule has 33 heavy (non-hydrogen) atoms. The van der Waals surface area contributed by atoms with Crippen molar-refractivity contribution in [2.45, 2.75) is 6.92 Å². The third-order valence-corrected chi connectivity index (χ3v) is 5.13. The van der Waals surface area contributed by atoms with Crippen molar-refractivity contribution in [2.24, 2.45) is 0 Å². The largest absolute Gasteiger partial charge is 0.481 e. The van der Waals surface area contributed by atoms with E-state index in [1.807, 2.05) is 25.1 Å². The van der Waals surface area contributed by atoms with Gasteiger partial charge in [0.2, 0.25) is 0 Å². The van der Waals surface area contributed by atoms with E-state index < -0.39 is 5.97 Å². The summed E-state index contributed by atoms with van der Waals surface area (Å²) in [5.41, 5.74) is 3.82. The zero-order valence-electron chi connectivity index (χ0n) is 18.1. The number of fused-ring (bicyclic) bond motifs is 1. The number of benzene rings is 3. The summed E-state index contributed by atoms with van der Waals surface area (Å²) in [5.74, 6) is -0.736. The Labute approximate surface area is 190 Å². The lowest BCUT2D eigenvalue weighted by Crippen LogP contribution is -2.14. The summed E-state index contributed by atoms with van der Waals surface area (Å²) >= 11 is 0. The topological polar surface area (TPSA) is 77.5 Å². The van der Waals surface area contributed by atoms with Crippen LogP contribution in [-0.4, -0.2) is 30.6 Å². The Morgan fingerprint density at radius 2 is 1.76 bits per heavy atom. The summed E-state index contributed by atoms with van der Waals surface area (Å²) in [5, 5.41) is 3.50. The molecule has 4 aromatic rings. The maximum Gasteiger partial charge on any atom is 0.343 e. The monoisotopic (exact) mass is 444 g/mol. The smallest absolute Gasteiger partial charge is 0.343 e. The summed E-state index contributed by atoms with van der Waals surface area (Å²) in [7, 11) is 1.28. The molecule has 0 unspecified atom stereocenters. The molecule has 0 fully saturated rings. The second-order valence-electron chi connectivity index (χ2n) is 7.38. The highest BCUT2D eigenvalue weighted by molar-refractivity contribution is 6.06. The molecule has 0 aliphatic rings. The molecule has 0 saturated heterocycles. The number of hydrogen-bond donors (Lipinski definition) is 1. The normalized spacial score (nSPS) is 10.6. The predicted molar refractivity (Wildman–Crippen MR) is 124 cm³/mol. The number of carbonyl (C=O) groups excluding carboxylic acids is 2. The van der Waals surface area contributed by atoms with Crippen LogP contribution in [0.15, 0.2) is 72.8 Å². The molecule has 0 bridgehead atoms. The molecule has 0 atom stereocenters. The first-order valence-corrected chi connectivity index (χ1v) is 10.2. The van der Waals surface area contributed by atoms with Crippen LogP contribution in [0.1, 0.15) is 15.9 Å². The minimum absolute atomic E-state index is 0.236. The lowest BCUT2D eigenvalue weighted by molar-refractivity contribution is -0.142. The van der Waals surface area contributed by atoms with Gasteiger partial charge in [-0.1, -0.05) is 18.2 Å². The van der Waals surface area contributed by atoms with Gasteiger partial charge >= 0.3 is 5.97 Å². The van der Waals surface area contributed by atoms with Crippen molar-refractivity contribution in [2.75, 3.05) is 19.0 Å². The first-order valence-electron chi connectivity index (χ1n) is 10.2. The maximum atomic E-state index is 13.3. The Kier molecular flexibility index (Phi) is 6.31. The van der Waals surface area contributed by atoms with Gasteiger partial charge in [0.25, 0.3) is 5.91 Å². The number of aryl methyl sites for hydroxylation is 1. The van der Waals surface area contributed by atoms with Crippen LogP contribution >= 0.6 is 0 Å². The quantitative estimate of drug-likeness (QED) is 0.416. The molecule has 166 valence electrons. The molecule has 0 radical (unpaired) electrons. The molecule has 6 nitrogen and oxygen atoms in total. The minimum atomic E-state index is -0.535. The Morgan fingerprint density at radius 3 is 2.48 bits per heavy atom. The van der Waals surface area contributed by atoms with Crippen LogP contribution < -0.4 is 10.1 Å². The Balaban J connectivity index is 1.73. The van der Waals surface area contributed by atoms with Crippen LogP contribution in [0.4, 0.5) is 10.1 Å². The minimum Gasteiger partial charge on any atom is -0.481 e. The van der Waals surface area contributed by atoms with Gasteiger partial charge in [-0.15, -0.1) is 0 Å². The second-order valence-corrected chi connectivity index (χ2v) is 7.38. The molecule has 1 amide bonds. The molecule has 0 saturated carbocycles. The Hall–Kier alpha value is -4.26. The van der Waals surface area contributed by atoms with E-state index in [9.17, 15) is 14.0 Å². The lowest BCUT2D eigenvalue weighted by atomic mass is 10.1. The van der Waals surface area contributed by atoms with Gasteiger partial charge in [0, 0.05) is 28.3 Å². The van der Waals surface area contributed by atoms with Crippen molar-refractivity contribution in [3.63, 3.8) is 0 Å². The van der Waals surface area contributed by atoms with E-state index in [-0.39, 0.29) is 18.3 Å². The third-order valence-electron chi connectivity index (χ3n) is 5.13. The van der Waals surface area contributed by atoms with Crippen LogP contribution in [0.25, 0.3) is 22.2 Å². The number of carbonyl (C=O) groups is 2. The van der Waals surface area contributed by atoms with Crippen LogP contribution in [0, 0.1) is 12.7 Å². The predicted octanol–water partition coefficient (Wildman–Crippen LogP) is 5.15. The first-order chi connectivity index (χ1) is 15.9. The summed E-state index contributed by atoms with van der Waals surface area (Å²) in [6.07, 6.45) is 0. The van der Waals surface area contributed by atoms with Crippen LogP contribution in [0.3, 0.4) is 0 Å². The number of nitrogens with zero attached hydrogens (tertiary/aromatic N) is 1. The van der Waals surface area contributed by atoms with E-state index >= 15 is 0 Å². The molecule has 7 heteroatoms. The molecular weight excluding hydrogens is 423 g/mol. The van der Waals surface area contributed by atoms with Gasteiger partial charge in [-0.05, 0) is 61.0 Å². The van der Waals surface area contributed by atoms with Gasteiger partial charge in [0.15, 0.2) is 6.61 Å². The molecular formula is C26H21FN2O4. The van der Waals surface area contributed by atoms with Crippen LogP contribution in [-0.2, 0) is 9.53 Å². The molecule has 1 N–H and O–H groups in total. The standard InChI is InChI=1S/C26H21FN2O4/c1-16-5-3-4-6-20(16)26(31)28-19-11-12-22-21(13-19)24(33-15-25(30)32-2)14-23(29-22)17-7-9-18(27)10-8-17/h3-14H,15H2,1-2H3,(H,28,31). The molecule has 0 aliphatic heterocycles. The number of pyridine rings is 1. The molecule has 4 rings (SSSR count). The number of rotatable bonds is 6. The van der Waals surface area contributed by atoms with E-state index in [1.165, 1.54) is 19.2 Å². The summed E-state index contributed by atoms with van der Waals surface area (Å²) < 4.78 is 23.7. The average Bonchev–Trinajstić information content (AvgIpc) is 2.83. The van der Waals surface area contributed by atoms with Gasteiger partial charge in [0.05, 0.1) is 18.3 Å². The number of amides is 1. The summed E-state index contributed by atoms with van der Waals surface area (Å²) in [6.45, 7) is 1.58.